The normalized spacial score (nSPS) is 10.8. The largest absolute Gasteiger partial charge is 0.395 e. The molecule has 3 aromatic rings. The van der Waals surface area contributed by atoms with Gasteiger partial charge in [0, 0.05) is 12.6 Å². The number of aryl methyl sites for hydroxylation is 1. The highest BCUT2D eigenvalue weighted by Crippen LogP contribution is 2.24. The summed E-state index contributed by atoms with van der Waals surface area (Å²) in [5.41, 5.74) is 0.167. The Kier molecular flexibility index (Phi) is 3.94. The van der Waals surface area contributed by atoms with Crippen LogP contribution in [0.5, 0.6) is 0 Å². The maximum absolute atomic E-state index is 11.7. The number of nitrogens with zero attached hydrogens (tertiary/aromatic N) is 4. The second-order valence-corrected chi connectivity index (χ2v) is 5.36. The van der Waals surface area contributed by atoms with Crippen molar-refractivity contribution in [3.05, 3.63) is 28.6 Å². The molecule has 22 heavy (non-hydrogen) atoms. The van der Waals surface area contributed by atoms with Crippen LogP contribution in [0.1, 0.15) is 5.82 Å². The van der Waals surface area contributed by atoms with Gasteiger partial charge in [0.2, 0.25) is 0 Å². The molecule has 0 unspecified atom stereocenters. The molecular formula is C12H13N7O2S. The van der Waals surface area contributed by atoms with E-state index in [1.165, 1.54) is 17.7 Å². The number of aromatic amines is 1. The summed E-state index contributed by atoms with van der Waals surface area (Å²) in [6.07, 6.45) is 1.32. The van der Waals surface area contributed by atoms with Crippen LogP contribution in [0.15, 0.2) is 17.2 Å². The molecule has 3 aromatic heterocycles. The third kappa shape index (κ3) is 3.02. The molecule has 0 aliphatic heterocycles. The van der Waals surface area contributed by atoms with Crippen LogP contribution in [0, 0.1) is 6.92 Å². The molecule has 0 aliphatic carbocycles. The van der Waals surface area contributed by atoms with Gasteiger partial charge in [-0.1, -0.05) is 11.3 Å². The standard InChI is InChI=1S/C12H13N7O2S/c1-6-16-7(13-2-3-20)4-8(17-6)18-12-19-10-9(22-12)11(21)15-5-14-10/h4-5,20H,2-3H2,1H3,(H3,13,14,15,16,17,18,19,21). The Labute approximate surface area is 128 Å². The molecule has 9 nitrogen and oxygen atoms in total. The quantitative estimate of drug-likeness (QED) is 0.539. The van der Waals surface area contributed by atoms with Gasteiger partial charge in [-0.15, -0.1) is 0 Å². The van der Waals surface area contributed by atoms with Crippen molar-refractivity contribution in [1.82, 2.24) is 24.9 Å². The monoisotopic (exact) mass is 319 g/mol. The van der Waals surface area contributed by atoms with Crippen LogP contribution >= 0.6 is 11.3 Å². The van der Waals surface area contributed by atoms with Crippen molar-refractivity contribution in [3.8, 4) is 0 Å². The molecule has 114 valence electrons. The van der Waals surface area contributed by atoms with Crippen molar-refractivity contribution in [1.29, 1.82) is 0 Å². The van der Waals surface area contributed by atoms with Crippen LogP contribution in [-0.2, 0) is 0 Å². The first-order chi connectivity index (χ1) is 10.7. The number of nitrogens with one attached hydrogen (secondary N) is 3. The summed E-state index contributed by atoms with van der Waals surface area (Å²) in [5.74, 6) is 1.71. The lowest BCUT2D eigenvalue weighted by Crippen LogP contribution is -2.08. The molecule has 0 aromatic carbocycles. The lowest BCUT2D eigenvalue weighted by molar-refractivity contribution is 0.311. The van der Waals surface area contributed by atoms with E-state index in [4.69, 9.17) is 5.11 Å². The second-order valence-electron chi connectivity index (χ2n) is 4.36. The first-order valence-electron chi connectivity index (χ1n) is 6.47. The minimum atomic E-state index is -0.222. The fourth-order valence-electron chi connectivity index (χ4n) is 1.83. The van der Waals surface area contributed by atoms with Crippen LogP contribution < -0.4 is 16.2 Å². The van der Waals surface area contributed by atoms with Crippen molar-refractivity contribution >= 4 is 38.5 Å². The highest BCUT2D eigenvalue weighted by atomic mass is 32.1. The van der Waals surface area contributed by atoms with Crippen molar-refractivity contribution in [2.45, 2.75) is 6.92 Å². The van der Waals surface area contributed by atoms with Gasteiger partial charge in [-0.3, -0.25) is 4.79 Å². The van der Waals surface area contributed by atoms with Gasteiger partial charge in [0.05, 0.1) is 12.9 Å². The van der Waals surface area contributed by atoms with Crippen molar-refractivity contribution in [3.63, 3.8) is 0 Å². The number of rotatable bonds is 5. The molecule has 0 radical (unpaired) electrons. The maximum Gasteiger partial charge on any atom is 0.270 e. The Bertz CT molecular complexity index is 860. The topological polar surface area (TPSA) is 129 Å². The van der Waals surface area contributed by atoms with E-state index in [1.807, 2.05) is 0 Å². The molecule has 0 amide bonds. The van der Waals surface area contributed by atoms with Crippen molar-refractivity contribution < 1.29 is 5.11 Å². The van der Waals surface area contributed by atoms with E-state index in [2.05, 4.69) is 35.6 Å². The summed E-state index contributed by atoms with van der Waals surface area (Å²) in [7, 11) is 0. The zero-order valence-corrected chi connectivity index (χ0v) is 12.4. The molecule has 0 aliphatic rings. The smallest absolute Gasteiger partial charge is 0.270 e. The summed E-state index contributed by atoms with van der Waals surface area (Å²) in [6, 6.07) is 1.70. The number of hydrogen-bond acceptors (Lipinski definition) is 9. The fourth-order valence-corrected chi connectivity index (χ4v) is 2.66. The van der Waals surface area contributed by atoms with E-state index in [-0.39, 0.29) is 12.2 Å². The number of thiazole rings is 1. The van der Waals surface area contributed by atoms with Crippen molar-refractivity contribution in [2.24, 2.45) is 0 Å². The number of H-pyrrole nitrogens is 1. The zero-order chi connectivity index (χ0) is 15.5. The Hall–Kier alpha value is -2.59. The Morgan fingerprint density at radius 2 is 2.14 bits per heavy atom. The molecule has 0 saturated carbocycles. The van der Waals surface area contributed by atoms with Gasteiger partial charge in [-0.2, -0.15) is 4.98 Å². The Morgan fingerprint density at radius 3 is 2.91 bits per heavy atom. The summed E-state index contributed by atoms with van der Waals surface area (Å²) in [6.45, 7) is 2.17. The van der Waals surface area contributed by atoms with E-state index in [1.54, 1.807) is 13.0 Å². The van der Waals surface area contributed by atoms with Gasteiger partial charge in [-0.05, 0) is 6.92 Å². The molecular weight excluding hydrogens is 306 g/mol. The van der Waals surface area contributed by atoms with E-state index in [0.717, 1.165) is 0 Å². The average molecular weight is 319 g/mol. The number of aliphatic hydroxyl groups is 1. The molecule has 3 heterocycles. The van der Waals surface area contributed by atoms with E-state index in [0.29, 0.717) is 39.5 Å². The molecule has 3 rings (SSSR count). The highest BCUT2D eigenvalue weighted by Gasteiger charge is 2.09. The fraction of sp³-hybridized carbons (Fsp3) is 0.250. The lowest BCUT2D eigenvalue weighted by Gasteiger charge is -2.07. The summed E-state index contributed by atoms with van der Waals surface area (Å²) in [4.78, 5) is 30.9. The predicted octanol–water partition coefficient (Wildman–Crippen LogP) is 0.626. The number of fused-ring (bicyclic) bond motifs is 1. The van der Waals surface area contributed by atoms with Crippen LogP contribution in [0.3, 0.4) is 0 Å². The first-order valence-corrected chi connectivity index (χ1v) is 7.29. The first kappa shape index (κ1) is 14.4. The number of aliphatic hydroxyl groups excluding tert-OH is 1. The predicted molar refractivity (Wildman–Crippen MR) is 83.7 cm³/mol. The molecule has 0 atom stereocenters. The number of anilines is 3. The molecule has 0 bridgehead atoms. The van der Waals surface area contributed by atoms with E-state index < -0.39 is 0 Å². The van der Waals surface area contributed by atoms with Gasteiger partial charge in [0.25, 0.3) is 5.56 Å². The van der Waals surface area contributed by atoms with Crippen LogP contribution in [-0.4, -0.2) is 43.2 Å². The maximum atomic E-state index is 11.7. The Morgan fingerprint density at radius 1 is 1.32 bits per heavy atom. The molecule has 0 fully saturated rings. The van der Waals surface area contributed by atoms with E-state index >= 15 is 0 Å². The summed E-state index contributed by atoms with van der Waals surface area (Å²) in [5, 5.41) is 15.4. The number of hydrogen-bond donors (Lipinski definition) is 4. The minimum Gasteiger partial charge on any atom is -0.395 e. The highest BCUT2D eigenvalue weighted by molar-refractivity contribution is 7.22. The molecule has 10 heteroatoms. The third-order valence-electron chi connectivity index (χ3n) is 2.69. The van der Waals surface area contributed by atoms with Gasteiger partial charge in [-0.25, -0.2) is 15.0 Å². The lowest BCUT2D eigenvalue weighted by atomic mass is 10.5. The van der Waals surface area contributed by atoms with E-state index in [9.17, 15) is 4.79 Å². The summed E-state index contributed by atoms with van der Waals surface area (Å²) >= 11 is 1.20. The van der Waals surface area contributed by atoms with Crippen LogP contribution in [0.2, 0.25) is 0 Å². The number of aromatic nitrogens is 5. The van der Waals surface area contributed by atoms with Crippen molar-refractivity contribution in [2.75, 3.05) is 23.8 Å². The molecule has 0 spiro atoms. The van der Waals surface area contributed by atoms with Gasteiger partial charge in [0.1, 0.15) is 22.2 Å². The molecule has 0 saturated heterocycles. The minimum absolute atomic E-state index is 0.0120. The molecule has 4 N–H and O–H groups in total. The second kappa shape index (κ2) is 6.03. The van der Waals surface area contributed by atoms with Gasteiger partial charge < -0.3 is 20.7 Å². The summed E-state index contributed by atoms with van der Waals surface area (Å²) < 4.78 is 0.453. The van der Waals surface area contributed by atoms with Crippen LogP contribution in [0.4, 0.5) is 16.8 Å². The van der Waals surface area contributed by atoms with Crippen LogP contribution in [0.25, 0.3) is 10.3 Å². The Balaban J connectivity index is 1.89. The SMILES string of the molecule is Cc1nc(NCCO)cc(Nc2nc3nc[nH]c(=O)c3s2)n1. The zero-order valence-electron chi connectivity index (χ0n) is 11.6. The van der Waals surface area contributed by atoms with Gasteiger partial charge in [0.15, 0.2) is 10.8 Å². The van der Waals surface area contributed by atoms with Gasteiger partial charge >= 0.3 is 0 Å². The average Bonchev–Trinajstić information content (AvgIpc) is 2.88. The third-order valence-corrected chi connectivity index (χ3v) is 3.65.